The van der Waals surface area contributed by atoms with Crippen molar-refractivity contribution in [3.05, 3.63) is 0 Å². The molecule has 1 aliphatic rings. The molecule has 1 rings (SSSR count). The summed E-state index contributed by atoms with van der Waals surface area (Å²) in [4.78, 5) is 13.6. The van der Waals surface area contributed by atoms with Crippen molar-refractivity contribution in [2.75, 3.05) is 20.1 Å². The van der Waals surface area contributed by atoms with Gasteiger partial charge in [-0.15, -0.1) is 0 Å². The van der Waals surface area contributed by atoms with Gasteiger partial charge in [0.15, 0.2) is 0 Å². The molecule has 0 radical (unpaired) electrons. The molecule has 1 fully saturated rings. The minimum Gasteiger partial charge on any atom is -0.480 e. The molecule has 4 nitrogen and oxygen atoms in total. The first-order valence-corrected chi connectivity index (χ1v) is 7.07. The van der Waals surface area contributed by atoms with Crippen LogP contribution in [0.4, 0.5) is 0 Å². The Labute approximate surface area is 111 Å². The van der Waals surface area contributed by atoms with E-state index in [0.29, 0.717) is 19.1 Å². The molecule has 3 unspecified atom stereocenters. The van der Waals surface area contributed by atoms with Crippen molar-refractivity contribution in [3.8, 4) is 0 Å². The van der Waals surface area contributed by atoms with Crippen molar-refractivity contribution in [3.63, 3.8) is 0 Å². The lowest BCUT2D eigenvalue weighted by Crippen LogP contribution is -2.58. The molecule has 0 aliphatic heterocycles. The molecule has 3 atom stereocenters. The van der Waals surface area contributed by atoms with Gasteiger partial charge in [-0.3, -0.25) is 4.79 Å². The Kier molecular flexibility index (Phi) is 5.60. The Balaban J connectivity index is 2.60. The van der Waals surface area contributed by atoms with Gasteiger partial charge in [0.25, 0.3) is 0 Å². The summed E-state index contributed by atoms with van der Waals surface area (Å²) >= 11 is 0. The van der Waals surface area contributed by atoms with E-state index in [4.69, 9.17) is 0 Å². The first-order chi connectivity index (χ1) is 8.39. The van der Waals surface area contributed by atoms with Gasteiger partial charge in [0.1, 0.15) is 5.54 Å². The molecule has 0 bridgehead atoms. The fourth-order valence-corrected chi connectivity index (χ4v) is 3.02. The van der Waals surface area contributed by atoms with E-state index in [1.54, 1.807) is 6.92 Å². The van der Waals surface area contributed by atoms with Gasteiger partial charge in [-0.05, 0) is 39.3 Å². The molecule has 106 valence electrons. The van der Waals surface area contributed by atoms with Crippen molar-refractivity contribution in [1.82, 2.24) is 10.2 Å². The van der Waals surface area contributed by atoms with Gasteiger partial charge in [0, 0.05) is 12.6 Å². The number of carboxylic acids is 1. The third-order valence-electron chi connectivity index (χ3n) is 4.14. The van der Waals surface area contributed by atoms with E-state index in [0.717, 1.165) is 5.92 Å². The molecule has 1 aliphatic carbocycles. The number of aliphatic carboxylic acids is 1. The van der Waals surface area contributed by atoms with Gasteiger partial charge in [0.05, 0.1) is 0 Å². The van der Waals surface area contributed by atoms with Crippen LogP contribution in [0.1, 0.15) is 46.5 Å². The number of carbonyl (C=O) groups is 1. The summed E-state index contributed by atoms with van der Waals surface area (Å²) in [7, 11) is 2.06. The van der Waals surface area contributed by atoms with Crippen molar-refractivity contribution >= 4 is 5.97 Å². The van der Waals surface area contributed by atoms with E-state index >= 15 is 0 Å². The van der Waals surface area contributed by atoms with Gasteiger partial charge in [0.2, 0.25) is 0 Å². The number of hydrogen-bond acceptors (Lipinski definition) is 3. The minimum absolute atomic E-state index is 0.533. The van der Waals surface area contributed by atoms with Crippen LogP contribution in [0, 0.1) is 5.92 Å². The van der Waals surface area contributed by atoms with E-state index in [1.807, 2.05) is 6.92 Å². The number of hydrogen-bond donors (Lipinski definition) is 2. The predicted molar refractivity (Wildman–Crippen MR) is 73.8 cm³/mol. The number of carboxylic acid groups (broad SMARTS) is 1. The fourth-order valence-electron chi connectivity index (χ4n) is 3.02. The molecule has 4 heteroatoms. The second-order valence-corrected chi connectivity index (χ2v) is 6.01. The summed E-state index contributed by atoms with van der Waals surface area (Å²) in [5, 5.41) is 12.5. The number of rotatable bonds is 6. The molecule has 0 aromatic rings. The maximum Gasteiger partial charge on any atom is 0.324 e. The summed E-state index contributed by atoms with van der Waals surface area (Å²) in [5.74, 6) is 0.00137. The first kappa shape index (κ1) is 15.4. The largest absolute Gasteiger partial charge is 0.480 e. The Morgan fingerprint density at radius 3 is 2.67 bits per heavy atom. The molecule has 0 saturated heterocycles. The lowest BCUT2D eigenvalue weighted by Gasteiger charge is -2.38. The highest BCUT2D eigenvalue weighted by Gasteiger charge is 2.35. The van der Waals surface area contributed by atoms with Crippen LogP contribution in [-0.2, 0) is 4.79 Å². The van der Waals surface area contributed by atoms with Crippen LogP contribution in [0.5, 0.6) is 0 Å². The van der Waals surface area contributed by atoms with Gasteiger partial charge < -0.3 is 15.3 Å². The average Bonchev–Trinajstić information content (AvgIpc) is 2.29. The Bertz CT molecular complexity index is 283. The third kappa shape index (κ3) is 3.95. The van der Waals surface area contributed by atoms with Crippen LogP contribution in [0.2, 0.25) is 0 Å². The van der Waals surface area contributed by atoms with Crippen LogP contribution < -0.4 is 5.32 Å². The number of nitrogens with zero attached hydrogens (tertiary/aromatic N) is 1. The Hall–Kier alpha value is -0.610. The molecule has 18 heavy (non-hydrogen) atoms. The smallest absolute Gasteiger partial charge is 0.324 e. The van der Waals surface area contributed by atoms with E-state index < -0.39 is 11.5 Å². The molecule has 0 amide bonds. The summed E-state index contributed by atoms with van der Waals surface area (Å²) in [6.07, 6.45) is 4.97. The number of likely N-dealkylation sites (N-methyl/N-ethyl adjacent to an activating group) is 2. The van der Waals surface area contributed by atoms with E-state index in [9.17, 15) is 9.90 Å². The second-order valence-electron chi connectivity index (χ2n) is 6.01. The zero-order chi connectivity index (χ0) is 13.8. The predicted octanol–water partition coefficient (Wildman–Crippen LogP) is 1.95. The molecule has 0 aromatic carbocycles. The van der Waals surface area contributed by atoms with Gasteiger partial charge >= 0.3 is 5.97 Å². The topological polar surface area (TPSA) is 52.6 Å². The second kappa shape index (κ2) is 6.53. The lowest BCUT2D eigenvalue weighted by molar-refractivity contribution is -0.145. The van der Waals surface area contributed by atoms with Gasteiger partial charge in [-0.1, -0.05) is 26.7 Å². The van der Waals surface area contributed by atoms with Crippen LogP contribution in [0.3, 0.4) is 0 Å². The SMILES string of the molecule is CCNC(C)(CN(C)C1CCCC(C)C1)C(=O)O. The highest BCUT2D eigenvalue weighted by Crippen LogP contribution is 2.27. The summed E-state index contributed by atoms with van der Waals surface area (Å²) in [6.45, 7) is 7.26. The van der Waals surface area contributed by atoms with Crippen molar-refractivity contribution in [2.24, 2.45) is 5.92 Å². The molecule has 0 aromatic heterocycles. The van der Waals surface area contributed by atoms with Crippen LogP contribution >= 0.6 is 0 Å². The highest BCUT2D eigenvalue weighted by molar-refractivity contribution is 5.78. The normalized spacial score (nSPS) is 28.1. The van der Waals surface area contributed by atoms with Gasteiger partial charge in [-0.25, -0.2) is 0 Å². The van der Waals surface area contributed by atoms with Gasteiger partial charge in [-0.2, -0.15) is 0 Å². The summed E-state index contributed by atoms with van der Waals surface area (Å²) < 4.78 is 0. The average molecular weight is 256 g/mol. The van der Waals surface area contributed by atoms with Crippen LogP contribution in [0.25, 0.3) is 0 Å². The third-order valence-corrected chi connectivity index (χ3v) is 4.14. The van der Waals surface area contributed by atoms with Crippen molar-refractivity contribution in [1.29, 1.82) is 0 Å². The molecule has 0 heterocycles. The summed E-state index contributed by atoms with van der Waals surface area (Å²) in [6, 6.07) is 0.533. The van der Waals surface area contributed by atoms with Crippen LogP contribution in [0.15, 0.2) is 0 Å². The monoisotopic (exact) mass is 256 g/mol. The first-order valence-electron chi connectivity index (χ1n) is 7.07. The Morgan fingerprint density at radius 2 is 2.17 bits per heavy atom. The number of nitrogens with one attached hydrogen (secondary N) is 1. The Morgan fingerprint density at radius 1 is 1.50 bits per heavy atom. The van der Waals surface area contributed by atoms with Crippen LogP contribution in [-0.4, -0.2) is 47.7 Å². The molecule has 1 saturated carbocycles. The molecule has 0 spiro atoms. The zero-order valence-electron chi connectivity index (χ0n) is 12.2. The quantitative estimate of drug-likeness (QED) is 0.762. The maximum atomic E-state index is 11.4. The molecular formula is C14H28N2O2. The lowest BCUT2D eigenvalue weighted by atomic mass is 9.85. The van der Waals surface area contributed by atoms with E-state index in [1.165, 1.54) is 25.7 Å². The van der Waals surface area contributed by atoms with E-state index in [-0.39, 0.29) is 0 Å². The van der Waals surface area contributed by atoms with Crippen molar-refractivity contribution < 1.29 is 9.90 Å². The fraction of sp³-hybridized carbons (Fsp3) is 0.929. The molecule has 2 N–H and O–H groups in total. The summed E-state index contributed by atoms with van der Waals surface area (Å²) in [5.41, 5.74) is -0.843. The van der Waals surface area contributed by atoms with E-state index in [2.05, 4.69) is 24.2 Å². The standard InChI is InChI=1S/C14H28N2O2/c1-5-15-14(3,13(17)18)10-16(4)12-8-6-7-11(2)9-12/h11-12,15H,5-10H2,1-4H3,(H,17,18). The highest BCUT2D eigenvalue weighted by atomic mass is 16.4. The molecular weight excluding hydrogens is 228 g/mol. The minimum atomic E-state index is -0.843. The maximum absolute atomic E-state index is 11.4. The zero-order valence-corrected chi connectivity index (χ0v) is 12.2. The van der Waals surface area contributed by atoms with Crippen molar-refractivity contribution in [2.45, 2.75) is 58.0 Å².